The van der Waals surface area contributed by atoms with Gasteiger partial charge in [-0.3, -0.25) is 14.2 Å². The first-order chi connectivity index (χ1) is 15.8. The van der Waals surface area contributed by atoms with Crippen molar-refractivity contribution in [3.8, 4) is 17.2 Å². The molecule has 1 aliphatic rings. The van der Waals surface area contributed by atoms with Crippen LogP contribution in [-0.2, 0) is 24.3 Å². The van der Waals surface area contributed by atoms with E-state index in [1.807, 2.05) is 0 Å². The molecule has 2 aromatic heterocycles. The van der Waals surface area contributed by atoms with Gasteiger partial charge in [0.15, 0.2) is 11.5 Å². The van der Waals surface area contributed by atoms with Crippen LogP contribution >= 0.6 is 11.3 Å². The second-order valence-electron chi connectivity index (χ2n) is 8.67. The summed E-state index contributed by atoms with van der Waals surface area (Å²) >= 11 is 1.46. The quantitative estimate of drug-likeness (QED) is 0.552. The third kappa shape index (κ3) is 4.06. The predicted molar refractivity (Wildman–Crippen MR) is 129 cm³/mol. The molecule has 8 nitrogen and oxygen atoms in total. The van der Waals surface area contributed by atoms with Crippen LogP contribution in [0.25, 0.3) is 15.9 Å². The van der Waals surface area contributed by atoms with Crippen molar-refractivity contribution >= 4 is 27.5 Å². The number of nitrogens with zero attached hydrogens (tertiary/aromatic N) is 3. The summed E-state index contributed by atoms with van der Waals surface area (Å²) in [6.45, 7) is 7.32. The molecule has 0 fully saturated rings. The van der Waals surface area contributed by atoms with Gasteiger partial charge in [0.1, 0.15) is 4.83 Å². The number of amides is 1. The number of carbonyl (C=O) groups is 1. The van der Waals surface area contributed by atoms with Crippen LogP contribution in [0, 0.1) is 5.92 Å². The zero-order valence-corrected chi connectivity index (χ0v) is 20.5. The lowest BCUT2D eigenvalue weighted by Crippen LogP contribution is -2.39. The van der Waals surface area contributed by atoms with Crippen LogP contribution in [0.15, 0.2) is 27.8 Å². The summed E-state index contributed by atoms with van der Waals surface area (Å²) in [6, 6.07) is 5.03. The van der Waals surface area contributed by atoms with Crippen molar-refractivity contribution in [2.45, 2.75) is 46.7 Å². The van der Waals surface area contributed by atoms with E-state index < -0.39 is 0 Å². The highest BCUT2D eigenvalue weighted by Crippen LogP contribution is 2.34. The standard InChI is InChI=1S/C24H29N3O5S/c1-14(2)8-11-26-23-21(17-9-10-25(15(3)28)13-20(17)33-23)22(29)27(24(26)30)16-6-7-18(31-4)19(12-16)32-5/h6-7,12,14H,8-11,13H2,1-5H3. The van der Waals surface area contributed by atoms with Crippen molar-refractivity contribution in [2.24, 2.45) is 5.92 Å². The number of aromatic nitrogens is 2. The summed E-state index contributed by atoms with van der Waals surface area (Å²) in [6.07, 6.45) is 1.40. The number of benzene rings is 1. The van der Waals surface area contributed by atoms with E-state index in [1.54, 1.807) is 34.6 Å². The maximum Gasteiger partial charge on any atom is 0.336 e. The minimum atomic E-state index is -0.373. The molecule has 0 radical (unpaired) electrons. The first kappa shape index (κ1) is 23.1. The molecule has 9 heteroatoms. The highest BCUT2D eigenvalue weighted by Gasteiger charge is 2.27. The molecule has 1 aromatic carbocycles. The first-order valence-corrected chi connectivity index (χ1v) is 11.9. The molecule has 0 aliphatic carbocycles. The molecule has 0 unspecified atom stereocenters. The Hall–Kier alpha value is -3.07. The second kappa shape index (κ2) is 9.05. The maximum absolute atomic E-state index is 13.7. The van der Waals surface area contributed by atoms with Gasteiger partial charge in [0.25, 0.3) is 5.56 Å². The van der Waals surface area contributed by atoms with Gasteiger partial charge in [-0.05, 0) is 36.5 Å². The average Bonchev–Trinajstić information content (AvgIpc) is 3.17. The van der Waals surface area contributed by atoms with Crippen LogP contribution in [-0.4, -0.2) is 40.7 Å². The van der Waals surface area contributed by atoms with Crippen LogP contribution in [0.5, 0.6) is 11.5 Å². The molecule has 3 aromatic rings. The lowest BCUT2D eigenvalue weighted by Gasteiger charge is -2.25. The Bertz CT molecular complexity index is 1330. The summed E-state index contributed by atoms with van der Waals surface area (Å²) in [7, 11) is 3.06. The Morgan fingerprint density at radius 2 is 1.88 bits per heavy atom. The van der Waals surface area contributed by atoms with Crippen molar-refractivity contribution in [3.05, 3.63) is 49.5 Å². The smallest absolute Gasteiger partial charge is 0.336 e. The Morgan fingerprint density at radius 1 is 1.15 bits per heavy atom. The van der Waals surface area contributed by atoms with Crippen molar-refractivity contribution in [3.63, 3.8) is 0 Å². The van der Waals surface area contributed by atoms with Crippen molar-refractivity contribution in [2.75, 3.05) is 20.8 Å². The molecule has 1 amide bonds. The Morgan fingerprint density at radius 3 is 2.52 bits per heavy atom. The SMILES string of the molecule is COc1ccc(-n2c(=O)c3c4c(sc3n(CCC(C)C)c2=O)CN(C(C)=O)CC4)cc1OC. The van der Waals surface area contributed by atoms with E-state index in [9.17, 15) is 14.4 Å². The van der Waals surface area contributed by atoms with Gasteiger partial charge in [-0.25, -0.2) is 9.36 Å². The summed E-state index contributed by atoms with van der Waals surface area (Å²) in [5.74, 6) is 1.38. The van der Waals surface area contributed by atoms with E-state index in [0.717, 1.165) is 16.9 Å². The third-order valence-electron chi connectivity index (χ3n) is 6.12. The minimum absolute atomic E-state index is 0.0121. The van der Waals surface area contributed by atoms with E-state index in [-0.39, 0.29) is 17.2 Å². The molecule has 0 atom stereocenters. The molecular weight excluding hydrogens is 442 g/mol. The third-order valence-corrected chi connectivity index (χ3v) is 7.36. The molecule has 0 saturated carbocycles. The molecule has 176 valence electrons. The van der Waals surface area contributed by atoms with Crippen molar-refractivity contribution < 1.29 is 14.3 Å². The maximum atomic E-state index is 13.7. The van der Waals surface area contributed by atoms with Crippen molar-refractivity contribution in [1.82, 2.24) is 14.0 Å². The highest BCUT2D eigenvalue weighted by molar-refractivity contribution is 7.18. The van der Waals surface area contributed by atoms with E-state index in [0.29, 0.717) is 59.4 Å². The number of methoxy groups -OCH3 is 2. The van der Waals surface area contributed by atoms with E-state index in [1.165, 1.54) is 30.1 Å². The fourth-order valence-corrected chi connectivity index (χ4v) is 5.62. The lowest BCUT2D eigenvalue weighted by molar-refractivity contribution is -0.129. The summed E-state index contributed by atoms with van der Waals surface area (Å²) in [4.78, 5) is 42.8. The van der Waals surface area contributed by atoms with Gasteiger partial charge in [0.05, 0.1) is 31.8 Å². The number of carbonyl (C=O) groups excluding carboxylic acids is 1. The van der Waals surface area contributed by atoms with Crippen LogP contribution in [0.4, 0.5) is 0 Å². The number of ether oxygens (including phenoxy) is 2. The zero-order chi connectivity index (χ0) is 23.9. The van der Waals surface area contributed by atoms with Gasteiger partial charge in [0, 0.05) is 31.0 Å². The molecule has 0 saturated heterocycles. The summed E-state index contributed by atoms with van der Waals surface area (Å²) < 4.78 is 13.7. The Kier molecular flexibility index (Phi) is 6.34. The van der Waals surface area contributed by atoms with Gasteiger partial charge in [0.2, 0.25) is 5.91 Å². The second-order valence-corrected chi connectivity index (χ2v) is 9.75. The number of thiophene rings is 1. The zero-order valence-electron chi connectivity index (χ0n) is 19.6. The van der Waals surface area contributed by atoms with Crippen LogP contribution < -0.4 is 20.7 Å². The Labute approximate surface area is 196 Å². The summed E-state index contributed by atoms with van der Waals surface area (Å²) in [5.41, 5.74) is 0.674. The highest BCUT2D eigenvalue weighted by atomic mass is 32.1. The van der Waals surface area contributed by atoms with E-state index >= 15 is 0 Å². The lowest BCUT2D eigenvalue weighted by atomic mass is 10.1. The summed E-state index contributed by atoms with van der Waals surface area (Å²) in [5, 5.41) is 0.580. The molecule has 4 rings (SSSR count). The van der Waals surface area contributed by atoms with E-state index in [4.69, 9.17) is 9.47 Å². The molecule has 0 spiro atoms. The topological polar surface area (TPSA) is 82.8 Å². The number of fused-ring (bicyclic) bond motifs is 3. The minimum Gasteiger partial charge on any atom is -0.493 e. The average molecular weight is 472 g/mol. The normalized spacial score (nSPS) is 13.5. The molecule has 1 aliphatic heterocycles. The molecule has 0 N–H and O–H groups in total. The number of aryl methyl sites for hydroxylation is 1. The molecule has 0 bridgehead atoms. The first-order valence-electron chi connectivity index (χ1n) is 11.0. The fourth-order valence-electron chi connectivity index (χ4n) is 4.25. The van der Waals surface area contributed by atoms with E-state index in [2.05, 4.69) is 13.8 Å². The monoisotopic (exact) mass is 471 g/mol. The van der Waals surface area contributed by atoms with Gasteiger partial charge in [-0.15, -0.1) is 11.3 Å². The number of rotatable bonds is 6. The van der Waals surface area contributed by atoms with Gasteiger partial charge in [-0.2, -0.15) is 0 Å². The predicted octanol–water partition coefficient (Wildman–Crippen LogP) is 3.18. The molecule has 33 heavy (non-hydrogen) atoms. The largest absolute Gasteiger partial charge is 0.493 e. The molecular formula is C24H29N3O5S. The van der Waals surface area contributed by atoms with Gasteiger partial charge >= 0.3 is 5.69 Å². The fraction of sp³-hybridized carbons (Fsp3) is 0.458. The number of hydrogen-bond acceptors (Lipinski definition) is 6. The Balaban J connectivity index is 1.99. The van der Waals surface area contributed by atoms with Crippen LogP contribution in [0.1, 0.15) is 37.6 Å². The van der Waals surface area contributed by atoms with Crippen LogP contribution in [0.2, 0.25) is 0 Å². The van der Waals surface area contributed by atoms with Crippen LogP contribution in [0.3, 0.4) is 0 Å². The van der Waals surface area contributed by atoms with Gasteiger partial charge in [-0.1, -0.05) is 13.8 Å². The molecule has 3 heterocycles. The van der Waals surface area contributed by atoms with Crippen molar-refractivity contribution in [1.29, 1.82) is 0 Å². The van der Waals surface area contributed by atoms with Gasteiger partial charge < -0.3 is 14.4 Å². The number of hydrogen-bond donors (Lipinski definition) is 0.